The second-order valence-electron chi connectivity index (χ2n) is 5.71. The fourth-order valence-electron chi connectivity index (χ4n) is 2.50. The van der Waals surface area contributed by atoms with Crippen molar-refractivity contribution in [1.29, 1.82) is 0 Å². The molecule has 1 unspecified atom stereocenters. The fourth-order valence-corrected chi connectivity index (χ4v) is 4.20. The molecule has 8 nitrogen and oxygen atoms in total. The van der Waals surface area contributed by atoms with Gasteiger partial charge in [0.2, 0.25) is 11.8 Å². The molecule has 0 saturated carbocycles. The number of fused-ring (bicyclic) bond motifs is 1. The van der Waals surface area contributed by atoms with Gasteiger partial charge in [0.25, 0.3) is 0 Å². The summed E-state index contributed by atoms with van der Waals surface area (Å²) in [5.74, 6) is -0.447. The minimum absolute atomic E-state index is 0.0382. The molecule has 0 aliphatic carbocycles. The lowest BCUT2D eigenvalue weighted by Crippen LogP contribution is -2.34. The van der Waals surface area contributed by atoms with E-state index in [9.17, 15) is 14.4 Å². The van der Waals surface area contributed by atoms with E-state index in [1.165, 1.54) is 29.6 Å². The van der Waals surface area contributed by atoms with Crippen LogP contribution >= 0.6 is 22.7 Å². The molecule has 2 heterocycles. The van der Waals surface area contributed by atoms with Crippen molar-refractivity contribution in [3.8, 4) is 0 Å². The summed E-state index contributed by atoms with van der Waals surface area (Å²) in [5.41, 5.74) is 6.59. The Labute approximate surface area is 162 Å². The van der Waals surface area contributed by atoms with Gasteiger partial charge in [-0.3, -0.25) is 9.59 Å². The number of thiophene rings is 1. The molecule has 1 aromatic carbocycles. The van der Waals surface area contributed by atoms with Crippen molar-refractivity contribution < 1.29 is 14.4 Å². The van der Waals surface area contributed by atoms with Crippen LogP contribution in [0.15, 0.2) is 35.7 Å². The van der Waals surface area contributed by atoms with E-state index in [0.29, 0.717) is 10.8 Å². The zero-order valence-corrected chi connectivity index (χ0v) is 15.9. The predicted octanol–water partition coefficient (Wildman–Crippen LogP) is 3.05. The molecule has 27 heavy (non-hydrogen) atoms. The topological polar surface area (TPSA) is 126 Å². The van der Waals surface area contributed by atoms with Crippen LogP contribution in [-0.2, 0) is 9.59 Å². The average molecular weight is 403 g/mol. The number of amides is 4. The van der Waals surface area contributed by atoms with Gasteiger partial charge >= 0.3 is 6.03 Å². The summed E-state index contributed by atoms with van der Waals surface area (Å²) >= 11 is 2.74. The molecule has 4 amide bonds. The van der Waals surface area contributed by atoms with Gasteiger partial charge in [-0.25, -0.2) is 9.78 Å². The van der Waals surface area contributed by atoms with Crippen LogP contribution < -0.4 is 21.7 Å². The Bertz CT molecular complexity index is 984. The number of hydrogen-bond donors (Lipinski definition) is 4. The van der Waals surface area contributed by atoms with Crippen LogP contribution in [0.1, 0.15) is 24.3 Å². The number of nitrogens with two attached hydrogens (primary N) is 1. The van der Waals surface area contributed by atoms with Crippen LogP contribution in [0.3, 0.4) is 0 Å². The standard InChI is InChI=1S/C17H17N5O3S2/c1-9(23)19-10-4-5-11-14(7-10)27-17(21-11)22-15(24)8-12(20-16(18)25)13-3-2-6-26-13/h2-7,12H,8H2,1H3,(H,19,23)(H3,18,20,25)(H,21,22,24). The van der Waals surface area contributed by atoms with E-state index >= 15 is 0 Å². The van der Waals surface area contributed by atoms with E-state index in [0.717, 1.165) is 15.1 Å². The van der Waals surface area contributed by atoms with Gasteiger partial charge in [0, 0.05) is 17.5 Å². The van der Waals surface area contributed by atoms with E-state index in [4.69, 9.17) is 5.73 Å². The molecule has 0 saturated heterocycles. The minimum Gasteiger partial charge on any atom is -0.352 e. The van der Waals surface area contributed by atoms with Crippen molar-refractivity contribution in [2.45, 2.75) is 19.4 Å². The molecule has 0 bridgehead atoms. The lowest BCUT2D eigenvalue weighted by molar-refractivity contribution is -0.116. The van der Waals surface area contributed by atoms with Gasteiger partial charge in [-0.2, -0.15) is 0 Å². The average Bonchev–Trinajstić information content (AvgIpc) is 3.21. The molecular weight excluding hydrogens is 386 g/mol. The minimum atomic E-state index is -0.688. The van der Waals surface area contributed by atoms with Crippen molar-refractivity contribution in [2.24, 2.45) is 5.73 Å². The summed E-state index contributed by atoms with van der Waals surface area (Å²) in [6.45, 7) is 1.44. The summed E-state index contributed by atoms with van der Waals surface area (Å²) in [7, 11) is 0. The van der Waals surface area contributed by atoms with E-state index in [-0.39, 0.29) is 18.2 Å². The Morgan fingerprint density at radius 1 is 1.22 bits per heavy atom. The molecule has 2 aromatic heterocycles. The van der Waals surface area contributed by atoms with Gasteiger partial charge < -0.3 is 21.7 Å². The van der Waals surface area contributed by atoms with Crippen LogP contribution in [-0.4, -0.2) is 22.8 Å². The van der Waals surface area contributed by atoms with E-state index < -0.39 is 12.1 Å². The highest BCUT2D eigenvalue weighted by Gasteiger charge is 2.19. The Hall–Kier alpha value is -2.98. The number of benzene rings is 1. The van der Waals surface area contributed by atoms with E-state index in [2.05, 4.69) is 20.9 Å². The molecule has 140 valence electrons. The first-order valence-corrected chi connectivity index (χ1v) is 9.68. The Kier molecular flexibility index (Phi) is 5.67. The quantitative estimate of drug-likeness (QED) is 0.504. The van der Waals surface area contributed by atoms with Crippen molar-refractivity contribution in [1.82, 2.24) is 10.3 Å². The van der Waals surface area contributed by atoms with Gasteiger partial charge in [0.05, 0.1) is 22.7 Å². The summed E-state index contributed by atoms with van der Waals surface area (Å²) in [5, 5.41) is 10.3. The van der Waals surface area contributed by atoms with E-state index in [1.54, 1.807) is 18.2 Å². The highest BCUT2D eigenvalue weighted by molar-refractivity contribution is 7.22. The highest BCUT2D eigenvalue weighted by atomic mass is 32.1. The van der Waals surface area contributed by atoms with Gasteiger partial charge in [0.15, 0.2) is 5.13 Å². The number of hydrogen-bond acceptors (Lipinski definition) is 6. The maximum atomic E-state index is 12.4. The Morgan fingerprint density at radius 3 is 2.70 bits per heavy atom. The van der Waals surface area contributed by atoms with Crippen LogP contribution in [0.5, 0.6) is 0 Å². The van der Waals surface area contributed by atoms with Crippen LogP contribution in [0.2, 0.25) is 0 Å². The maximum absolute atomic E-state index is 12.4. The third kappa shape index (κ3) is 5.02. The first kappa shape index (κ1) is 18.8. The largest absolute Gasteiger partial charge is 0.352 e. The second kappa shape index (κ2) is 8.14. The highest BCUT2D eigenvalue weighted by Crippen LogP contribution is 2.29. The lowest BCUT2D eigenvalue weighted by Gasteiger charge is -2.15. The number of carbonyl (C=O) groups is 3. The fraction of sp³-hybridized carbons (Fsp3) is 0.176. The molecule has 0 spiro atoms. The first-order valence-electron chi connectivity index (χ1n) is 7.98. The molecule has 0 aliphatic rings. The molecule has 1 atom stereocenters. The summed E-state index contributed by atoms with van der Waals surface area (Å²) in [6, 6.07) is 7.81. The number of aromatic nitrogens is 1. The number of anilines is 2. The second-order valence-corrected chi connectivity index (χ2v) is 7.72. The lowest BCUT2D eigenvalue weighted by atomic mass is 10.1. The zero-order valence-electron chi connectivity index (χ0n) is 14.3. The third-order valence-corrected chi connectivity index (χ3v) is 5.47. The Morgan fingerprint density at radius 2 is 2.04 bits per heavy atom. The number of thiazole rings is 1. The number of nitrogens with zero attached hydrogens (tertiary/aromatic N) is 1. The molecule has 0 aliphatic heterocycles. The molecule has 0 radical (unpaired) electrons. The van der Waals surface area contributed by atoms with E-state index in [1.807, 2.05) is 17.5 Å². The van der Waals surface area contributed by atoms with Gasteiger partial charge in [-0.1, -0.05) is 17.4 Å². The first-order chi connectivity index (χ1) is 12.9. The van der Waals surface area contributed by atoms with Gasteiger partial charge in [-0.15, -0.1) is 11.3 Å². The monoisotopic (exact) mass is 403 g/mol. The number of urea groups is 1. The van der Waals surface area contributed by atoms with Crippen molar-refractivity contribution in [3.63, 3.8) is 0 Å². The van der Waals surface area contributed by atoms with Crippen molar-refractivity contribution in [3.05, 3.63) is 40.6 Å². The van der Waals surface area contributed by atoms with Crippen LogP contribution in [0.25, 0.3) is 10.2 Å². The number of nitrogens with one attached hydrogen (secondary N) is 3. The maximum Gasteiger partial charge on any atom is 0.312 e. The molecule has 10 heteroatoms. The predicted molar refractivity (Wildman–Crippen MR) is 107 cm³/mol. The summed E-state index contributed by atoms with van der Waals surface area (Å²) in [4.78, 5) is 40.0. The summed E-state index contributed by atoms with van der Waals surface area (Å²) in [6.07, 6.45) is 0.0382. The summed E-state index contributed by atoms with van der Waals surface area (Å²) < 4.78 is 0.835. The smallest absolute Gasteiger partial charge is 0.312 e. The Balaban J connectivity index is 1.70. The molecule has 3 rings (SSSR count). The van der Waals surface area contributed by atoms with Gasteiger partial charge in [-0.05, 0) is 29.6 Å². The van der Waals surface area contributed by atoms with Gasteiger partial charge in [0.1, 0.15) is 0 Å². The SMILES string of the molecule is CC(=O)Nc1ccc2nc(NC(=O)CC(NC(N)=O)c3cccs3)sc2c1. The van der Waals surface area contributed by atoms with Crippen LogP contribution in [0.4, 0.5) is 15.6 Å². The van der Waals surface area contributed by atoms with Crippen molar-refractivity contribution in [2.75, 3.05) is 10.6 Å². The number of carbonyl (C=O) groups excluding carboxylic acids is 3. The van der Waals surface area contributed by atoms with Crippen LogP contribution in [0, 0.1) is 0 Å². The molecule has 0 fully saturated rings. The molecule has 5 N–H and O–H groups in total. The third-order valence-electron chi connectivity index (χ3n) is 3.55. The normalized spacial score (nSPS) is 11.7. The number of primary amides is 1. The molecular formula is C17H17N5O3S2. The number of rotatable bonds is 6. The van der Waals surface area contributed by atoms with Crippen molar-refractivity contribution >= 4 is 61.6 Å². The zero-order chi connectivity index (χ0) is 19.4. The molecule has 3 aromatic rings.